The minimum absolute atomic E-state index is 0.560. The van der Waals surface area contributed by atoms with Gasteiger partial charge in [-0.1, -0.05) is 36.4 Å². The molecule has 0 N–H and O–H groups in total. The number of hydrogen-bond donors (Lipinski definition) is 0. The predicted octanol–water partition coefficient (Wildman–Crippen LogP) is -0.561. The normalized spacial score (nSPS) is 10.1. The van der Waals surface area contributed by atoms with Crippen LogP contribution in [-0.2, 0) is 7.86 Å². The van der Waals surface area contributed by atoms with E-state index in [1.807, 2.05) is 60.7 Å². The Morgan fingerprint density at radius 3 is 1.62 bits per heavy atom. The van der Waals surface area contributed by atoms with E-state index in [1.165, 1.54) is 0 Å². The summed E-state index contributed by atoms with van der Waals surface area (Å²) in [5.74, 6) is 0. The number of halogens is 1. The van der Waals surface area contributed by atoms with E-state index >= 15 is 0 Å². The van der Waals surface area contributed by atoms with Gasteiger partial charge in [-0.05, 0) is 24.3 Å². The predicted molar refractivity (Wildman–Crippen MR) is 57.4 cm³/mol. The minimum atomic E-state index is -2.01. The zero-order chi connectivity index (χ0) is 11.2. The molecule has 2 aromatic rings. The fourth-order valence-electron chi connectivity index (χ4n) is 1.32. The molecule has 0 unspecified atom stereocenters. The maximum Gasteiger partial charge on any atom is 0.357 e. The average Bonchev–Trinajstić information content (AvgIpc) is 2.38. The number of hydrogen-bond acceptors (Lipinski definition) is 2. The molecule has 2 rings (SSSR count). The highest BCUT2D eigenvalue weighted by atomic mass is 127. The molecule has 0 spiro atoms. The third-order valence-corrected chi connectivity index (χ3v) is 6.41. The van der Waals surface area contributed by atoms with E-state index < -0.39 is 20.2 Å². The Labute approximate surface area is 102 Å². The molecule has 0 aliphatic carbocycles. The van der Waals surface area contributed by atoms with Crippen molar-refractivity contribution >= 4 is 6.47 Å². The summed E-state index contributed by atoms with van der Waals surface area (Å²) in [5, 5.41) is 0. The second-order valence-corrected chi connectivity index (χ2v) is 7.45. The van der Waals surface area contributed by atoms with E-state index in [1.54, 1.807) is 0 Å². The first-order chi connectivity index (χ1) is 7.92. The second kappa shape index (κ2) is 5.65. The van der Waals surface area contributed by atoms with Crippen molar-refractivity contribution < 1.29 is 28.1 Å². The van der Waals surface area contributed by atoms with Crippen LogP contribution in [0.5, 0.6) is 0 Å². The molecule has 0 aliphatic rings. The highest BCUT2D eigenvalue weighted by molar-refractivity contribution is 5.35. The quantitative estimate of drug-likeness (QED) is 0.556. The summed E-state index contributed by atoms with van der Waals surface area (Å²) in [6.07, 6.45) is 0. The van der Waals surface area contributed by atoms with Gasteiger partial charge in [-0.15, -0.1) is 0 Å². The SMILES string of the molecule is O=CO[I+](c1ccccc1)c1ccccc1. The molecule has 0 aromatic heterocycles. The van der Waals surface area contributed by atoms with E-state index in [4.69, 9.17) is 3.07 Å². The van der Waals surface area contributed by atoms with Gasteiger partial charge in [0.1, 0.15) is 0 Å². The molecule has 0 amide bonds. The molecule has 0 saturated carbocycles. The Kier molecular flexibility index (Phi) is 3.93. The Bertz CT molecular complexity index is 403. The molecule has 3 heteroatoms. The van der Waals surface area contributed by atoms with Crippen LogP contribution in [-0.4, -0.2) is 6.47 Å². The maximum absolute atomic E-state index is 10.6. The maximum atomic E-state index is 10.6. The van der Waals surface area contributed by atoms with Crippen molar-refractivity contribution in [3.05, 3.63) is 67.8 Å². The molecule has 0 heterocycles. The molecule has 0 bridgehead atoms. The smallest absolute Gasteiger partial charge is 0.251 e. The van der Waals surface area contributed by atoms with Crippen LogP contribution in [0.2, 0.25) is 0 Å². The Hall–Kier alpha value is -1.36. The van der Waals surface area contributed by atoms with Crippen LogP contribution in [0.1, 0.15) is 0 Å². The molecule has 16 heavy (non-hydrogen) atoms. The van der Waals surface area contributed by atoms with Crippen LogP contribution >= 0.6 is 0 Å². The van der Waals surface area contributed by atoms with Crippen molar-refractivity contribution in [2.45, 2.75) is 0 Å². The first-order valence-corrected chi connectivity index (χ1v) is 7.86. The summed E-state index contributed by atoms with van der Waals surface area (Å²) in [7, 11) is 0. The lowest BCUT2D eigenvalue weighted by Crippen LogP contribution is -3.85. The molecule has 0 aliphatic heterocycles. The van der Waals surface area contributed by atoms with Gasteiger partial charge in [0.2, 0.25) is 0 Å². The van der Waals surface area contributed by atoms with Gasteiger partial charge in [-0.25, -0.2) is 3.07 Å². The molecular formula is C13H11IO2+. The fourth-order valence-corrected chi connectivity index (χ4v) is 4.97. The van der Waals surface area contributed by atoms with Gasteiger partial charge in [-0.3, -0.25) is 4.79 Å². The number of rotatable bonds is 4. The van der Waals surface area contributed by atoms with Gasteiger partial charge < -0.3 is 0 Å². The fraction of sp³-hybridized carbons (Fsp3) is 0. The van der Waals surface area contributed by atoms with Gasteiger partial charge >= 0.3 is 26.7 Å². The van der Waals surface area contributed by atoms with Crippen LogP contribution in [0, 0.1) is 7.14 Å². The monoisotopic (exact) mass is 326 g/mol. The summed E-state index contributed by atoms with van der Waals surface area (Å²) >= 11 is -2.01. The summed E-state index contributed by atoms with van der Waals surface area (Å²) in [5.41, 5.74) is 0. The van der Waals surface area contributed by atoms with Crippen LogP contribution in [0.3, 0.4) is 0 Å². The summed E-state index contributed by atoms with van der Waals surface area (Å²) < 4.78 is 7.55. The molecule has 2 aromatic carbocycles. The third-order valence-electron chi connectivity index (χ3n) is 1.99. The number of carbonyl (C=O) groups is 1. The lowest BCUT2D eigenvalue weighted by Gasteiger charge is -2.00. The number of benzene rings is 2. The van der Waals surface area contributed by atoms with E-state index in [2.05, 4.69) is 0 Å². The first-order valence-electron chi connectivity index (χ1n) is 4.83. The van der Waals surface area contributed by atoms with E-state index in [9.17, 15) is 4.79 Å². The van der Waals surface area contributed by atoms with E-state index in [0.717, 1.165) is 7.14 Å². The third kappa shape index (κ3) is 2.61. The molecule has 81 valence electrons. The molecule has 1 radical (unpaired) electrons. The van der Waals surface area contributed by atoms with Crippen molar-refractivity contribution in [3.8, 4) is 0 Å². The zero-order valence-electron chi connectivity index (χ0n) is 8.55. The highest BCUT2D eigenvalue weighted by Gasteiger charge is 2.30. The lowest BCUT2D eigenvalue weighted by molar-refractivity contribution is -1.04. The van der Waals surface area contributed by atoms with Gasteiger partial charge in [0.25, 0.3) is 0 Å². The first kappa shape index (κ1) is 11.1. The van der Waals surface area contributed by atoms with Crippen LogP contribution < -0.4 is 20.2 Å². The Morgan fingerprint density at radius 2 is 1.25 bits per heavy atom. The Balaban J connectivity index is 2.35. The van der Waals surface area contributed by atoms with E-state index in [0.29, 0.717) is 6.47 Å². The van der Waals surface area contributed by atoms with E-state index in [-0.39, 0.29) is 0 Å². The molecule has 0 atom stereocenters. The second-order valence-electron chi connectivity index (χ2n) is 3.03. The molecular weight excluding hydrogens is 315 g/mol. The largest absolute Gasteiger partial charge is 0.357 e. The molecule has 0 saturated heterocycles. The standard InChI is InChI=1S/C13H11IO2/c15-11-16-14(12-7-3-1-4-8-12)13-9-5-2-6-10-13/h1-11H/q+1. The van der Waals surface area contributed by atoms with Gasteiger partial charge in [0.05, 0.1) is 0 Å². The van der Waals surface area contributed by atoms with Gasteiger partial charge in [-0.2, -0.15) is 0 Å². The van der Waals surface area contributed by atoms with Crippen molar-refractivity contribution in [2.75, 3.05) is 0 Å². The average molecular weight is 326 g/mol. The van der Waals surface area contributed by atoms with Crippen molar-refractivity contribution in [2.24, 2.45) is 0 Å². The van der Waals surface area contributed by atoms with Gasteiger partial charge in [0.15, 0.2) is 7.14 Å². The van der Waals surface area contributed by atoms with Crippen LogP contribution in [0.25, 0.3) is 0 Å². The lowest BCUT2D eigenvalue weighted by atomic mass is 10.4. The van der Waals surface area contributed by atoms with Crippen molar-refractivity contribution in [3.63, 3.8) is 0 Å². The van der Waals surface area contributed by atoms with Crippen molar-refractivity contribution in [1.82, 2.24) is 0 Å². The topological polar surface area (TPSA) is 26.3 Å². The molecule has 0 fully saturated rings. The summed E-state index contributed by atoms with van der Waals surface area (Å²) in [6.45, 7) is 0.560. The number of carbonyl (C=O) groups excluding carboxylic acids is 1. The van der Waals surface area contributed by atoms with Crippen LogP contribution in [0.4, 0.5) is 0 Å². The van der Waals surface area contributed by atoms with Crippen LogP contribution in [0.15, 0.2) is 60.7 Å². The van der Waals surface area contributed by atoms with Crippen molar-refractivity contribution in [1.29, 1.82) is 0 Å². The highest BCUT2D eigenvalue weighted by Crippen LogP contribution is 1.87. The summed E-state index contributed by atoms with van der Waals surface area (Å²) in [4.78, 5) is 10.6. The Morgan fingerprint density at radius 1 is 0.812 bits per heavy atom. The zero-order valence-corrected chi connectivity index (χ0v) is 10.7. The van der Waals surface area contributed by atoms with Gasteiger partial charge in [0, 0.05) is 0 Å². The molecule has 2 nitrogen and oxygen atoms in total. The minimum Gasteiger partial charge on any atom is -0.251 e. The summed E-state index contributed by atoms with van der Waals surface area (Å²) in [6, 6.07) is 19.9.